The predicted octanol–water partition coefficient (Wildman–Crippen LogP) is 4.42. The largest absolute Gasteiger partial charge is 0.279 e. The molecule has 10 heteroatoms. The molecule has 0 saturated heterocycles. The lowest BCUT2D eigenvalue weighted by atomic mass is 10.0. The van der Waals surface area contributed by atoms with Gasteiger partial charge in [0.05, 0.1) is 26.4 Å². The fourth-order valence-electron chi connectivity index (χ4n) is 2.19. The molecule has 0 aliphatic rings. The topological polar surface area (TPSA) is 112 Å². The average molecular weight is 365 g/mol. The monoisotopic (exact) mass is 364 g/mol. The van der Waals surface area contributed by atoms with Gasteiger partial charge in [-0.05, 0) is 23.8 Å². The summed E-state index contributed by atoms with van der Waals surface area (Å²) in [6, 6.07) is 8.08. The molecule has 8 nitrogen and oxygen atoms in total. The van der Waals surface area contributed by atoms with Crippen LogP contribution in [0.4, 0.5) is 11.4 Å². The Morgan fingerprint density at radius 1 is 0.833 bits per heavy atom. The molecular formula is C14H6Cl2N4O4. The summed E-state index contributed by atoms with van der Waals surface area (Å²) in [5.74, 6) is 0. The van der Waals surface area contributed by atoms with Gasteiger partial charge in [-0.25, -0.2) is 9.97 Å². The van der Waals surface area contributed by atoms with Gasteiger partial charge >= 0.3 is 0 Å². The average Bonchev–Trinajstić information content (AvgIpc) is 2.55. The van der Waals surface area contributed by atoms with Gasteiger partial charge in [-0.1, -0.05) is 23.2 Å². The molecule has 0 atom stereocenters. The Balaban J connectivity index is 2.25. The lowest BCUT2D eigenvalue weighted by Crippen LogP contribution is -1.96. The maximum absolute atomic E-state index is 11.4. The zero-order chi connectivity index (χ0) is 17.4. The highest BCUT2D eigenvalue weighted by Crippen LogP contribution is 2.34. The molecule has 0 amide bonds. The summed E-state index contributed by atoms with van der Waals surface area (Å²) in [6.45, 7) is 0. The zero-order valence-electron chi connectivity index (χ0n) is 11.6. The normalized spacial score (nSPS) is 10.8. The Hall–Kier alpha value is -2.84. The number of nitro groups is 2. The summed E-state index contributed by atoms with van der Waals surface area (Å²) < 4.78 is 0. The molecule has 1 heterocycles. The number of nitro benzene ring substituents is 2. The van der Waals surface area contributed by atoms with Gasteiger partial charge in [0.1, 0.15) is 0 Å². The number of benzene rings is 2. The molecule has 2 aromatic carbocycles. The van der Waals surface area contributed by atoms with Crippen LogP contribution in [0.25, 0.3) is 22.2 Å². The summed E-state index contributed by atoms with van der Waals surface area (Å²) >= 11 is 11.6. The number of non-ortho nitro benzene ring substituents is 1. The van der Waals surface area contributed by atoms with Crippen molar-refractivity contribution in [2.45, 2.75) is 0 Å². The van der Waals surface area contributed by atoms with Crippen LogP contribution >= 0.6 is 23.2 Å². The fourth-order valence-corrected chi connectivity index (χ4v) is 2.46. The van der Waals surface area contributed by atoms with Crippen molar-refractivity contribution in [3.8, 4) is 11.1 Å². The molecule has 0 radical (unpaired) electrons. The van der Waals surface area contributed by atoms with E-state index in [-0.39, 0.29) is 32.8 Å². The van der Waals surface area contributed by atoms with E-state index in [0.717, 1.165) is 0 Å². The molecule has 0 bridgehead atoms. The van der Waals surface area contributed by atoms with Crippen LogP contribution in [0.3, 0.4) is 0 Å². The van der Waals surface area contributed by atoms with Crippen LogP contribution in [-0.4, -0.2) is 19.8 Å². The first-order valence-electron chi connectivity index (χ1n) is 6.43. The van der Waals surface area contributed by atoms with Crippen LogP contribution in [0.1, 0.15) is 0 Å². The molecule has 0 unspecified atom stereocenters. The molecule has 0 aliphatic carbocycles. The lowest BCUT2D eigenvalue weighted by Gasteiger charge is -2.06. The Kier molecular flexibility index (Phi) is 4.00. The van der Waals surface area contributed by atoms with Crippen LogP contribution in [0.2, 0.25) is 10.3 Å². The fraction of sp³-hybridized carbons (Fsp3) is 0. The van der Waals surface area contributed by atoms with E-state index in [1.54, 1.807) is 0 Å². The number of rotatable bonds is 3. The molecule has 1 aromatic heterocycles. The summed E-state index contributed by atoms with van der Waals surface area (Å²) in [5.41, 5.74) is 0.892. The van der Waals surface area contributed by atoms with Gasteiger partial charge in [0.15, 0.2) is 10.3 Å². The van der Waals surface area contributed by atoms with Crippen molar-refractivity contribution in [1.82, 2.24) is 9.97 Å². The Bertz CT molecular complexity index is 992. The van der Waals surface area contributed by atoms with Crippen molar-refractivity contribution in [1.29, 1.82) is 0 Å². The first-order chi connectivity index (χ1) is 11.4. The minimum absolute atomic E-state index is 0.0207. The summed E-state index contributed by atoms with van der Waals surface area (Å²) in [7, 11) is 0. The number of hydrogen-bond acceptors (Lipinski definition) is 6. The molecule has 0 N–H and O–H groups in total. The molecule has 0 fully saturated rings. The van der Waals surface area contributed by atoms with Crippen molar-refractivity contribution < 1.29 is 9.85 Å². The molecular weight excluding hydrogens is 359 g/mol. The van der Waals surface area contributed by atoms with E-state index in [1.165, 1.54) is 36.4 Å². The van der Waals surface area contributed by atoms with Gasteiger partial charge in [-0.15, -0.1) is 0 Å². The predicted molar refractivity (Wildman–Crippen MR) is 88.3 cm³/mol. The molecule has 3 rings (SSSR count). The molecule has 0 aliphatic heterocycles. The van der Waals surface area contributed by atoms with E-state index in [4.69, 9.17) is 23.2 Å². The second-order valence-electron chi connectivity index (χ2n) is 4.72. The molecule has 3 aromatic rings. The minimum Gasteiger partial charge on any atom is -0.258 e. The highest BCUT2D eigenvalue weighted by atomic mass is 35.5. The highest BCUT2D eigenvalue weighted by Gasteiger charge is 2.19. The molecule has 0 spiro atoms. The molecule has 24 heavy (non-hydrogen) atoms. The number of fused-ring (bicyclic) bond motifs is 1. The zero-order valence-corrected chi connectivity index (χ0v) is 13.2. The van der Waals surface area contributed by atoms with Crippen LogP contribution in [0, 0.1) is 20.2 Å². The third-order valence-corrected chi connectivity index (χ3v) is 3.91. The van der Waals surface area contributed by atoms with Crippen LogP contribution in [0.5, 0.6) is 0 Å². The van der Waals surface area contributed by atoms with Crippen LogP contribution in [-0.2, 0) is 0 Å². The summed E-state index contributed by atoms with van der Waals surface area (Å²) in [4.78, 5) is 29.0. The van der Waals surface area contributed by atoms with E-state index in [1.807, 2.05) is 0 Å². The van der Waals surface area contributed by atoms with Gasteiger partial charge in [-0.2, -0.15) is 0 Å². The highest BCUT2D eigenvalue weighted by molar-refractivity contribution is 6.40. The maximum Gasteiger partial charge on any atom is 0.279 e. The smallest absolute Gasteiger partial charge is 0.258 e. The van der Waals surface area contributed by atoms with E-state index in [0.29, 0.717) is 11.1 Å². The van der Waals surface area contributed by atoms with Crippen molar-refractivity contribution in [2.75, 3.05) is 0 Å². The second kappa shape index (κ2) is 5.99. The Labute approximate surface area is 144 Å². The SMILES string of the molecule is O=[N+]([O-])c1ccc(-c2cc3nc(Cl)c(Cl)nc3cc2[N+](=O)[O-])cc1. The standard InChI is InChI=1S/C14H6Cl2N4O4/c15-13-14(16)18-11-6-12(20(23)24)9(5-10(11)17-13)7-1-3-8(4-2-7)19(21)22/h1-6H. The number of aromatic nitrogens is 2. The Morgan fingerprint density at radius 3 is 1.88 bits per heavy atom. The van der Waals surface area contributed by atoms with E-state index >= 15 is 0 Å². The third-order valence-electron chi connectivity index (χ3n) is 3.29. The second-order valence-corrected chi connectivity index (χ2v) is 5.44. The van der Waals surface area contributed by atoms with Crippen molar-refractivity contribution in [3.05, 3.63) is 66.9 Å². The van der Waals surface area contributed by atoms with Crippen LogP contribution in [0.15, 0.2) is 36.4 Å². The molecule has 120 valence electrons. The number of nitrogens with zero attached hydrogens (tertiary/aromatic N) is 4. The quantitative estimate of drug-likeness (QED) is 0.502. The number of halogens is 2. The van der Waals surface area contributed by atoms with Gasteiger partial charge in [0.25, 0.3) is 11.4 Å². The van der Waals surface area contributed by atoms with Crippen molar-refractivity contribution >= 4 is 45.6 Å². The van der Waals surface area contributed by atoms with Gasteiger partial charge < -0.3 is 0 Å². The van der Waals surface area contributed by atoms with Crippen molar-refractivity contribution in [2.24, 2.45) is 0 Å². The van der Waals surface area contributed by atoms with Gasteiger partial charge in [0, 0.05) is 18.2 Å². The van der Waals surface area contributed by atoms with E-state index in [9.17, 15) is 20.2 Å². The first-order valence-corrected chi connectivity index (χ1v) is 7.18. The van der Waals surface area contributed by atoms with Gasteiger partial charge in [0.2, 0.25) is 0 Å². The number of hydrogen-bond donors (Lipinski definition) is 0. The van der Waals surface area contributed by atoms with Gasteiger partial charge in [-0.3, -0.25) is 20.2 Å². The van der Waals surface area contributed by atoms with E-state index < -0.39 is 9.85 Å². The van der Waals surface area contributed by atoms with E-state index in [2.05, 4.69) is 9.97 Å². The maximum atomic E-state index is 11.4. The first kappa shape index (κ1) is 16.0. The van der Waals surface area contributed by atoms with Crippen molar-refractivity contribution in [3.63, 3.8) is 0 Å². The lowest BCUT2D eigenvalue weighted by molar-refractivity contribution is -0.385. The molecule has 0 saturated carbocycles. The van der Waals surface area contributed by atoms with Crippen LogP contribution < -0.4 is 0 Å². The minimum atomic E-state index is -0.569. The summed E-state index contributed by atoms with van der Waals surface area (Å²) in [5, 5.41) is 22.0. The third kappa shape index (κ3) is 2.84. The Morgan fingerprint density at radius 2 is 1.38 bits per heavy atom. The summed E-state index contributed by atoms with van der Waals surface area (Å²) in [6.07, 6.45) is 0.